The van der Waals surface area contributed by atoms with Gasteiger partial charge in [-0.25, -0.2) is 9.69 Å². The van der Waals surface area contributed by atoms with Crippen molar-refractivity contribution >= 4 is 17.8 Å². The van der Waals surface area contributed by atoms with Gasteiger partial charge in [0.15, 0.2) is 0 Å². The number of rotatable bonds is 4. The molecule has 3 saturated heterocycles. The predicted molar refractivity (Wildman–Crippen MR) is 120 cm³/mol. The van der Waals surface area contributed by atoms with Crippen LogP contribution in [0.25, 0.3) is 0 Å². The molecule has 32 heavy (non-hydrogen) atoms. The first kappa shape index (κ1) is 21.4. The van der Waals surface area contributed by atoms with Crippen molar-refractivity contribution in [2.75, 3.05) is 52.5 Å². The Morgan fingerprint density at radius 2 is 1.59 bits per heavy atom. The van der Waals surface area contributed by atoms with E-state index >= 15 is 0 Å². The lowest BCUT2D eigenvalue weighted by atomic mass is 9.78. The molecular formula is C24H33N5O3. The van der Waals surface area contributed by atoms with E-state index < -0.39 is 5.54 Å². The summed E-state index contributed by atoms with van der Waals surface area (Å²) in [4.78, 5) is 46.3. The lowest BCUT2D eigenvalue weighted by Gasteiger charge is -2.37. The number of hydrogen-bond acceptors (Lipinski definition) is 5. The van der Waals surface area contributed by atoms with Crippen molar-refractivity contribution in [3.05, 3.63) is 35.4 Å². The van der Waals surface area contributed by atoms with Gasteiger partial charge in [0.25, 0.3) is 5.91 Å². The molecule has 1 aliphatic carbocycles. The van der Waals surface area contributed by atoms with Crippen LogP contribution in [-0.4, -0.2) is 95.5 Å². The van der Waals surface area contributed by atoms with Crippen molar-refractivity contribution in [2.24, 2.45) is 0 Å². The highest BCUT2D eigenvalue weighted by Crippen LogP contribution is 2.33. The van der Waals surface area contributed by atoms with Gasteiger partial charge in [0.2, 0.25) is 5.91 Å². The van der Waals surface area contributed by atoms with Crippen LogP contribution in [0.2, 0.25) is 0 Å². The molecule has 1 aromatic rings. The third kappa shape index (κ3) is 4.13. The zero-order chi connectivity index (χ0) is 22.1. The van der Waals surface area contributed by atoms with Gasteiger partial charge in [-0.05, 0) is 43.2 Å². The zero-order valence-electron chi connectivity index (χ0n) is 18.7. The van der Waals surface area contributed by atoms with Gasteiger partial charge in [-0.15, -0.1) is 0 Å². The van der Waals surface area contributed by atoms with Crippen LogP contribution in [0.3, 0.4) is 0 Å². The summed E-state index contributed by atoms with van der Waals surface area (Å²) < 4.78 is 0. The highest BCUT2D eigenvalue weighted by Gasteiger charge is 2.52. The number of imide groups is 1. The molecule has 8 heteroatoms. The number of amides is 4. The molecule has 8 nitrogen and oxygen atoms in total. The van der Waals surface area contributed by atoms with E-state index in [-0.39, 0.29) is 17.8 Å². The Balaban J connectivity index is 1.14. The summed E-state index contributed by atoms with van der Waals surface area (Å²) in [7, 11) is 0. The summed E-state index contributed by atoms with van der Waals surface area (Å²) in [6.07, 6.45) is 5.46. The Labute approximate surface area is 189 Å². The zero-order valence-corrected chi connectivity index (χ0v) is 18.7. The maximum absolute atomic E-state index is 13.3. The van der Waals surface area contributed by atoms with Crippen LogP contribution in [0.5, 0.6) is 0 Å². The minimum atomic E-state index is -0.797. The van der Waals surface area contributed by atoms with Crippen LogP contribution >= 0.6 is 0 Å². The molecule has 4 aliphatic rings. The number of carbonyl (C=O) groups excluding carboxylic acids is 3. The first-order valence-corrected chi connectivity index (χ1v) is 12.0. The van der Waals surface area contributed by atoms with Gasteiger partial charge in [0.1, 0.15) is 5.54 Å². The monoisotopic (exact) mass is 439 g/mol. The quantitative estimate of drug-likeness (QED) is 0.710. The molecule has 3 heterocycles. The second-order valence-corrected chi connectivity index (χ2v) is 9.67. The standard InChI is InChI=1S/C24H33N5O3/c30-21(28-10-4-1-5-11-28)17-26-12-14-27(15-13-26)18-29-22(31)24(25-23(29)32)9-8-19-6-2-3-7-20(19)16-24/h2-3,6-7H,1,4-5,8-18H2,(H,25,32). The van der Waals surface area contributed by atoms with Crippen LogP contribution in [0.1, 0.15) is 36.8 Å². The Bertz CT molecular complexity index is 891. The second-order valence-electron chi connectivity index (χ2n) is 9.67. The SMILES string of the molecule is O=C(CN1CCN(CN2C(=O)NC3(CCc4ccccc4C3)C2=O)CC1)N1CCCCC1. The van der Waals surface area contributed by atoms with E-state index in [4.69, 9.17) is 0 Å². The van der Waals surface area contributed by atoms with Gasteiger partial charge in [0.05, 0.1) is 13.2 Å². The van der Waals surface area contributed by atoms with Crippen molar-refractivity contribution in [1.29, 1.82) is 0 Å². The molecule has 1 atom stereocenters. The van der Waals surface area contributed by atoms with Gasteiger partial charge in [-0.1, -0.05) is 24.3 Å². The van der Waals surface area contributed by atoms with Gasteiger partial charge >= 0.3 is 6.03 Å². The van der Waals surface area contributed by atoms with Crippen molar-refractivity contribution in [3.8, 4) is 0 Å². The predicted octanol–water partition coefficient (Wildman–Crippen LogP) is 1.05. The number of piperazine rings is 1. The largest absolute Gasteiger partial charge is 0.342 e. The molecule has 172 valence electrons. The van der Waals surface area contributed by atoms with Crippen LogP contribution in [-0.2, 0) is 22.4 Å². The van der Waals surface area contributed by atoms with E-state index in [9.17, 15) is 14.4 Å². The number of piperidine rings is 1. The number of likely N-dealkylation sites (tertiary alicyclic amines) is 1. The molecule has 0 bridgehead atoms. The van der Waals surface area contributed by atoms with Gasteiger partial charge in [-0.2, -0.15) is 0 Å². The molecule has 3 fully saturated rings. The molecular weight excluding hydrogens is 406 g/mol. The van der Waals surface area contributed by atoms with Gasteiger partial charge in [-0.3, -0.25) is 19.4 Å². The van der Waals surface area contributed by atoms with E-state index in [1.54, 1.807) is 0 Å². The highest BCUT2D eigenvalue weighted by molar-refractivity contribution is 6.07. The fourth-order valence-corrected chi connectivity index (χ4v) is 5.55. The molecule has 3 aliphatic heterocycles. The van der Waals surface area contributed by atoms with Crippen LogP contribution in [0.4, 0.5) is 4.79 Å². The summed E-state index contributed by atoms with van der Waals surface area (Å²) in [5.74, 6) is 0.131. The Kier molecular flexibility index (Phi) is 5.90. The number of hydrogen-bond donors (Lipinski definition) is 1. The van der Waals surface area contributed by atoms with Crippen LogP contribution < -0.4 is 5.32 Å². The molecule has 5 rings (SSSR count). The molecule has 0 saturated carbocycles. The number of benzene rings is 1. The van der Waals surface area contributed by atoms with Gasteiger partial charge < -0.3 is 10.2 Å². The molecule has 1 N–H and O–H groups in total. The molecule has 1 spiro atoms. The number of nitrogens with one attached hydrogen (secondary N) is 1. The first-order chi connectivity index (χ1) is 15.5. The minimum Gasteiger partial charge on any atom is -0.342 e. The van der Waals surface area contributed by atoms with Crippen molar-refractivity contribution in [1.82, 2.24) is 24.9 Å². The third-order valence-electron chi connectivity index (χ3n) is 7.55. The number of urea groups is 1. The Hall–Kier alpha value is -2.45. The summed E-state index contributed by atoms with van der Waals surface area (Å²) in [5.41, 5.74) is 1.63. The van der Waals surface area contributed by atoms with E-state index in [2.05, 4.69) is 27.2 Å². The second kappa shape index (κ2) is 8.83. The molecule has 1 unspecified atom stereocenters. The van der Waals surface area contributed by atoms with Crippen molar-refractivity contribution in [2.45, 2.75) is 44.1 Å². The number of aryl methyl sites for hydroxylation is 1. The highest BCUT2D eigenvalue weighted by atomic mass is 16.2. The van der Waals surface area contributed by atoms with Gasteiger partial charge in [0, 0.05) is 45.7 Å². The van der Waals surface area contributed by atoms with Crippen molar-refractivity contribution in [3.63, 3.8) is 0 Å². The molecule has 0 radical (unpaired) electrons. The Morgan fingerprint density at radius 1 is 0.906 bits per heavy atom. The van der Waals surface area contributed by atoms with E-state index in [0.717, 1.165) is 64.1 Å². The maximum Gasteiger partial charge on any atom is 0.326 e. The number of fused-ring (bicyclic) bond motifs is 1. The van der Waals surface area contributed by atoms with E-state index in [1.165, 1.54) is 16.9 Å². The summed E-state index contributed by atoms with van der Waals surface area (Å²) in [5, 5.41) is 3.02. The third-order valence-corrected chi connectivity index (χ3v) is 7.55. The average Bonchev–Trinajstić information content (AvgIpc) is 3.04. The minimum absolute atomic E-state index is 0.0975. The first-order valence-electron chi connectivity index (χ1n) is 12.0. The number of carbonyl (C=O) groups is 3. The smallest absolute Gasteiger partial charge is 0.326 e. The van der Waals surface area contributed by atoms with Crippen LogP contribution in [0, 0.1) is 0 Å². The normalized spacial score (nSPS) is 27.0. The topological polar surface area (TPSA) is 76.2 Å². The fourth-order valence-electron chi connectivity index (χ4n) is 5.55. The number of nitrogens with zero attached hydrogens (tertiary/aromatic N) is 4. The summed E-state index contributed by atoms with van der Waals surface area (Å²) >= 11 is 0. The fraction of sp³-hybridized carbons (Fsp3) is 0.625. The Morgan fingerprint density at radius 3 is 2.34 bits per heavy atom. The lowest BCUT2D eigenvalue weighted by Crippen LogP contribution is -2.54. The van der Waals surface area contributed by atoms with E-state index in [1.807, 2.05) is 17.0 Å². The molecule has 4 amide bonds. The summed E-state index contributed by atoms with van der Waals surface area (Å²) in [6.45, 7) is 5.62. The average molecular weight is 440 g/mol. The van der Waals surface area contributed by atoms with Crippen LogP contribution in [0.15, 0.2) is 24.3 Å². The lowest BCUT2D eigenvalue weighted by molar-refractivity contribution is -0.134. The maximum atomic E-state index is 13.3. The van der Waals surface area contributed by atoms with E-state index in [0.29, 0.717) is 26.1 Å². The summed E-state index contributed by atoms with van der Waals surface area (Å²) in [6, 6.07) is 7.90. The molecule has 1 aromatic carbocycles. The molecule has 0 aromatic heterocycles. The van der Waals surface area contributed by atoms with Crippen molar-refractivity contribution < 1.29 is 14.4 Å².